The third kappa shape index (κ3) is 3.17. The molecular weight excluding hydrogens is 344 g/mol. The maximum atomic E-state index is 12.3. The molecule has 0 spiro atoms. The highest BCUT2D eigenvalue weighted by Gasteiger charge is 2.60. The van der Waals surface area contributed by atoms with E-state index >= 15 is 0 Å². The topological polar surface area (TPSA) is 83.8 Å². The van der Waals surface area contributed by atoms with Gasteiger partial charge in [0.15, 0.2) is 5.78 Å². The van der Waals surface area contributed by atoms with Gasteiger partial charge in [-0.05, 0) is 61.7 Å². The molecule has 2 saturated carbocycles. The van der Waals surface area contributed by atoms with E-state index in [1.807, 2.05) is 6.92 Å². The second-order valence-electron chi connectivity index (χ2n) is 10.0. The first-order valence-electron chi connectivity index (χ1n) is 10.2. The number of aliphatic hydroxyl groups is 2. The van der Waals surface area contributed by atoms with E-state index in [9.17, 15) is 19.8 Å². The summed E-state index contributed by atoms with van der Waals surface area (Å²) in [5, 5.41) is 20.3. The standard InChI is InChI=1S/C22H34O5/c1-13(24)27-16-11-22(5)15-8-9-21(4,18(25)12-23)10-14(15)6-7-17(22)20(2,3)19(16)26/h10,15-17,19,23,26H,6-9,11-12H2,1-5H3. The molecule has 3 rings (SSSR count). The number of hydrogen-bond acceptors (Lipinski definition) is 5. The maximum absolute atomic E-state index is 12.3. The quantitative estimate of drug-likeness (QED) is 0.582. The molecule has 6 atom stereocenters. The monoisotopic (exact) mass is 378 g/mol. The smallest absolute Gasteiger partial charge is 0.302 e. The molecule has 5 nitrogen and oxygen atoms in total. The van der Waals surface area contributed by atoms with E-state index < -0.39 is 24.2 Å². The molecule has 6 unspecified atom stereocenters. The Morgan fingerprint density at radius 1 is 1.22 bits per heavy atom. The van der Waals surface area contributed by atoms with Gasteiger partial charge < -0.3 is 14.9 Å². The summed E-state index contributed by atoms with van der Waals surface area (Å²) in [4.78, 5) is 23.9. The van der Waals surface area contributed by atoms with Crippen LogP contribution in [0.3, 0.4) is 0 Å². The van der Waals surface area contributed by atoms with Gasteiger partial charge in [-0.25, -0.2) is 0 Å². The van der Waals surface area contributed by atoms with Gasteiger partial charge in [-0.1, -0.05) is 32.4 Å². The van der Waals surface area contributed by atoms with Crippen LogP contribution in [-0.4, -0.2) is 40.8 Å². The Balaban J connectivity index is 1.98. The Morgan fingerprint density at radius 3 is 2.48 bits per heavy atom. The molecule has 27 heavy (non-hydrogen) atoms. The summed E-state index contributed by atoms with van der Waals surface area (Å²) in [6.45, 7) is 9.36. The van der Waals surface area contributed by atoms with Gasteiger partial charge in [-0.2, -0.15) is 0 Å². The van der Waals surface area contributed by atoms with E-state index in [1.54, 1.807) is 0 Å². The number of carbonyl (C=O) groups excluding carboxylic acids is 2. The lowest BCUT2D eigenvalue weighted by Gasteiger charge is -2.62. The first-order valence-corrected chi connectivity index (χ1v) is 10.2. The van der Waals surface area contributed by atoms with Crippen molar-refractivity contribution in [3.8, 4) is 0 Å². The second kappa shape index (κ2) is 6.70. The fourth-order valence-electron chi connectivity index (χ4n) is 6.55. The zero-order chi connectivity index (χ0) is 20.2. The fraction of sp³-hybridized carbons (Fsp3) is 0.818. The van der Waals surface area contributed by atoms with Crippen LogP contribution in [0.5, 0.6) is 0 Å². The summed E-state index contributed by atoms with van der Waals surface area (Å²) < 4.78 is 5.53. The van der Waals surface area contributed by atoms with Crippen molar-refractivity contribution >= 4 is 11.8 Å². The highest BCUT2D eigenvalue weighted by Crippen LogP contribution is 2.64. The van der Waals surface area contributed by atoms with Crippen molar-refractivity contribution in [2.24, 2.45) is 28.1 Å². The molecule has 5 heteroatoms. The number of allylic oxidation sites excluding steroid dienone is 2. The number of ketones is 1. The lowest BCUT2D eigenvalue weighted by atomic mass is 9.44. The van der Waals surface area contributed by atoms with Gasteiger partial charge in [0.1, 0.15) is 12.7 Å². The Morgan fingerprint density at radius 2 is 1.89 bits per heavy atom. The van der Waals surface area contributed by atoms with Crippen LogP contribution in [0.4, 0.5) is 0 Å². The summed E-state index contributed by atoms with van der Waals surface area (Å²) >= 11 is 0. The van der Waals surface area contributed by atoms with Crippen LogP contribution in [0.2, 0.25) is 0 Å². The number of Topliss-reactive ketones (excluding diaryl/α,β-unsaturated/α-hetero) is 1. The molecule has 0 saturated heterocycles. The van der Waals surface area contributed by atoms with E-state index in [2.05, 4.69) is 26.8 Å². The highest BCUT2D eigenvalue weighted by molar-refractivity contribution is 5.87. The molecule has 0 amide bonds. The Bertz CT molecular complexity index is 666. The van der Waals surface area contributed by atoms with E-state index in [0.717, 1.165) is 25.7 Å². The number of rotatable bonds is 3. The predicted molar refractivity (Wildman–Crippen MR) is 102 cm³/mol. The van der Waals surface area contributed by atoms with Crippen LogP contribution in [0.1, 0.15) is 66.7 Å². The molecule has 0 aromatic carbocycles. The van der Waals surface area contributed by atoms with Gasteiger partial charge in [-0.3, -0.25) is 9.59 Å². The van der Waals surface area contributed by atoms with Gasteiger partial charge in [-0.15, -0.1) is 0 Å². The molecule has 2 N–H and O–H groups in total. The van der Waals surface area contributed by atoms with Crippen molar-refractivity contribution in [2.45, 2.75) is 78.9 Å². The molecule has 3 aliphatic rings. The van der Waals surface area contributed by atoms with E-state index in [4.69, 9.17) is 4.74 Å². The number of esters is 1. The maximum Gasteiger partial charge on any atom is 0.302 e. The Kier molecular flexibility index (Phi) is 5.09. The lowest BCUT2D eigenvalue weighted by Crippen LogP contribution is -2.61. The summed E-state index contributed by atoms with van der Waals surface area (Å²) in [6.07, 6.45) is 5.09. The molecule has 0 aromatic heterocycles. The average molecular weight is 379 g/mol. The third-order valence-corrected chi connectivity index (χ3v) is 7.97. The lowest BCUT2D eigenvalue weighted by molar-refractivity contribution is -0.201. The van der Waals surface area contributed by atoms with Gasteiger partial charge in [0.2, 0.25) is 0 Å². The SMILES string of the molecule is CC(=O)OC1CC2(C)C3CCC(C)(C(=O)CO)C=C3CCC2C(C)(C)C1O. The summed E-state index contributed by atoms with van der Waals surface area (Å²) in [5.41, 5.74) is 0.289. The number of aliphatic hydroxyl groups excluding tert-OH is 2. The van der Waals surface area contributed by atoms with Gasteiger partial charge in [0, 0.05) is 12.3 Å². The average Bonchev–Trinajstić information content (AvgIpc) is 2.58. The molecule has 0 aromatic rings. The van der Waals surface area contributed by atoms with Crippen molar-refractivity contribution < 1.29 is 24.5 Å². The van der Waals surface area contributed by atoms with Crippen LogP contribution < -0.4 is 0 Å². The first-order chi connectivity index (χ1) is 12.5. The molecule has 0 aliphatic heterocycles. The largest absolute Gasteiger partial charge is 0.460 e. The summed E-state index contributed by atoms with van der Waals surface area (Å²) in [6, 6.07) is 0. The van der Waals surface area contributed by atoms with Crippen molar-refractivity contribution in [1.29, 1.82) is 0 Å². The van der Waals surface area contributed by atoms with Crippen molar-refractivity contribution in [3.63, 3.8) is 0 Å². The Labute approximate surface area is 162 Å². The first kappa shape index (κ1) is 20.5. The molecule has 0 radical (unpaired) electrons. The minimum absolute atomic E-state index is 0.0868. The number of hydrogen-bond donors (Lipinski definition) is 2. The van der Waals surface area contributed by atoms with Crippen molar-refractivity contribution in [2.75, 3.05) is 6.61 Å². The third-order valence-electron chi connectivity index (χ3n) is 7.97. The predicted octanol–water partition coefficient (Wildman–Crippen LogP) is 3.03. The molecular formula is C22H34O5. The molecule has 152 valence electrons. The van der Waals surface area contributed by atoms with Gasteiger partial charge in [0.05, 0.1) is 6.10 Å². The minimum atomic E-state index is -0.671. The van der Waals surface area contributed by atoms with Crippen LogP contribution in [0.15, 0.2) is 11.6 Å². The van der Waals surface area contributed by atoms with Crippen molar-refractivity contribution in [3.05, 3.63) is 11.6 Å². The second-order valence-corrected chi connectivity index (χ2v) is 10.0. The van der Waals surface area contributed by atoms with Crippen LogP contribution >= 0.6 is 0 Å². The van der Waals surface area contributed by atoms with E-state index in [-0.39, 0.29) is 22.6 Å². The fourth-order valence-corrected chi connectivity index (χ4v) is 6.55. The molecule has 3 aliphatic carbocycles. The zero-order valence-electron chi connectivity index (χ0n) is 17.2. The number of ether oxygens (including phenoxy) is 1. The Hall–Kier alpha value is -1.20. The van der Waals surface area contributed by atoms with Crippen LogP contribution in [-0.2, 0) is 14.3 Å². The highest BCUT2D eigenvalue weighted by atomic mass is 16.6. The molecule has 2 fully saturated rings. The van der Waals surface area contributed by atoms with Crippen LogP contribution in [0.25, 0.3) is 0 Å². The van der Waals surface area contributed by atoms with Gasteiger partial charge >= 0.3 is 5.97 Å². The summed E-state index contributed by atoms with van der Waals surface area (Å²) in [7, 11) is 0. The zero-order valence-corrected chi connectivity index (χ0v) is 17.2. The van der Waals surface area contributed by atoms with Crippen molar-refractivity contribution in [1.82, 2.24) is 0 Å². The normalized spacial score (nSPS) is 43.1. The van der Waals surface area contributed by atoms with E-state index in [0.29, 0.717) is 18.3 Å². The van der Waals surface area contributed by atoms with Crippen LogP contribution in [0, 0.1) is 28.1 Å². The summed E-state index contributed by atoms with van der Waals surface area (Å²) in [5.74, 6) is 0.179. The molecule has 0 bridgehead atoms. The molecule has 0 heterocycles. The van der Waals surface area contributed by atoms with Gasteiger partial charge in [0.25, 0.3) is 0 Å². The van der Waals surface area contributed by atoms with E-state index in [1.165, 1.54) is 12.5 Å². The minimum Gasteiger partial charge on any atom is -0.460 e. The number of carbonyl (C=O) groups is 2. The number of fused-ring (bicyclic) bond motifs is 3.